The van der Waals surface area contributed by atoms with E-state index in [4.69, 9.17) is 4.74 Å². The standard InChI is InChI=1S/C20H16F2N4O/c1-11-7-19(26-25-11)23-18-9-12-8-14(27-2)4-6-15(12)20(24-18)16-5-3-13(21)10-17(16)22/h3-10H,1-2H3,(H2,23,24,25,26). The maximum Gasteiger partial charge on any atom is 0.153 e. The second-order valence-corrected chi connectivity index (χ2v) is 6.13. The summed E-state index contributed by atoms with van der Waals surface area (Å²) in [7, 11) is 1.58. The van der Waals surface area contributed by atoms with Crippen molar-refractivity contribution in [2.24, 2.45) is 0 Å². The van der Waals surface area contributed by atoms with Gasteiger partial charge in [0.25, 0.3) is 0 Å². The lowest BCUT2D eigenvalue weighted by atomic mass is 10.0. The van der Waals surface area contributed by atoms with Gasteiger partial charge >= 0.3 is 0 Å². The van der Waals surface area contributed by atoms with Crippen LogP contribution in [0.1, 0.15) is 5.69 Å². The van der Waals surface area contributed by atoms with Crippen molar-refractivity contribution in [2.75, 3.05) is 12.4 Å². The van der Waals surface area contributed by atoms with Crippen LogP contribution in [0.5, 0.6) is 5.75 Å². The van der Waals surface area contributed by atoms with Crippen LogP contribution in [0.15, 0.2) is 48.5 Å². The van der Waals surface area contributed by atoms with Crippen LogP contribution in [-0.4, -0.2) is 22.3 Å². The Labute approximate surface area is 154 Å². The number of aromatic nitrogens is 3. The van der Waals surface area contributed by atoms with Gasteiger partial charge in [-0.1, -0.05) is 0 Å². The molecule has 0 radical (unpaired) electrons. The van der Waals surface area contributed by atoms with Crippen LogP contribution in [0.2, 0.25) is 0 Å². The molecule has 4 aromatic rings. The van der Waals surface area contributed by atoms with E-state index in [0.29, 0.717) is 23.1 Å². The number of H-pyrrole nitrogens is 1. The summed E-state index contributed by atoms with van der Waals surface area (Å²) in [5.41, 5.74) is 1.51. The molecule has 0 aliphatic carbocycles. The molecule has 2 aromatic heterocycles. The maximum absolute atomic E-state index is 14.4. The monoisotopic (exact) mass is 366 g/mol. The van der Waals surface area contributed by atoms with Crippen molar-refractivity contribution in [1.29, 1.82) is 0 Å². The summed E-state index contributed by atoms with van der Waals surface area (Å²) in [6, 6.07) is 12.5. The van der Waals surface area contributed by atoms with Crippen molar-refractivity contribution < 1.29 is 13.5 Å². The van der Waals surface area contributed by atoms with E-state index in [1.165, 1.54) is 12.1 Å². The molecule has 0 bridgehead atoms. The molecule has 2 N–H and O–H groups in total. The Hall–Kier alpha value is -3.48. The van der Waals surface area contributed by atoms with Gasteiger partial charge < -0.3 is 10.1 Å². The predicted octanol–water partition coefficient (Wildman–Crippen LogP) is 4.96. The Morgan fingerprint density at radius 1 is 1.00 bits per heavy atom. The molecule has 4 rings (SSSR count). The molecular weight excluding hydrogens is 350 g/mol. The normalized spacial score (nSPS) is 11.0. The fraction of sp³-hybridized carbons (Fsp3) is 0.100. The summed E-state index contributed by atoms with van der Waals surface area (Å²) in [6.45, 7) is 1.89. The van der Waals surface area contributed by atoms with E-state index in [9.17, 15) is 8.78 Å². The smallest absolute Gasteiger partial charge is 0.153 e. The van der Waals surface area contributed by atoms with Crippen molar-refractivity contribution in [3.05, 3.63) is 65.9 Å². The third-order valence-corrected chi connectivity index (χ3v) is 4.19. The van der Waals surface area contributed by atoms with Crippen LogP contribution in [0.4, 0.5) is 20.4 Å². The van der Waals surface area contributed by atoms with E-state index in [2.05, 4.69) is 20.5 Å². The maximum atomic E-state index is 14.4. The van der Waals surface area contributed by atoms with Crippen LogP contribution in [0.25, 0.3) is 22.0 Å². The van der Waals surface area contributed by atoms with Gasteiger partial charge in [-0.2, -0.15) is 5.10 Å². The van der Waals surface area contributed by atoms with Crippen LogP contribution in [0, 0.1) is 18.6 Å². The van der Waals surface area contributed by atoms with Crippen molar-refractivity contribution in [3.63, 3.8) is 0 Å². The van der Waals surface area contributed by atoms with Gasteiger partial charge in [0.2, 0.25) is 0 Å². The Morgan fingerprint density at radius 2 is 1.85 bits per heavy atom. The minimum atomic E-state index is -0.674. The largest absolute Gasteiger partial charge is 0.497 e. The molecule has 0 atom stereocenters. The van der Waals surface area contributed by atoms with Crippen LogP contribution >= 0.6 is 0 Å². The molecule has 2 heterocycles. The number of aromatic amines is 1. The molecule has 0 aliphatic rings. The second-order valence-electron chi connectivity index (χ2n) is 6.13. The SMILES string of the molecule is COc1ccc2c(-c3ccc(F)cc3F)nc(Nc3cc(C)[nH]n3)cc2c1. The summed E-state index contributed by atoms with van der Waals surface area (Å²) in [5.74, 6) is 0.436. The lowest BCUT2D eigenvalue weighted by molar-refractivity contribution is 0.415. The molecule has 27 heavy (non-hydrogen) atoms. The van der Waals surface area contributed by atoms with E-state index in [0.717, 1.165) is 22.5 Å². The quantitative estimate of drug-likeness (QED) is 0.536. The number of nitrogens with zero attached hydrogens (tertiary/aromatic N) is 2. The topological polar surface area (TPSA) is 62.8 Å². The highest BCUT2D eigenvalue weighted by Gasteiger charge is 2.14. The van der Waals surface area contributed by atoms with Crippen molar-refractivity contribution in [2.45, 2.75) is 6.92 Å². The highest BCUT2D eigenvalue weighted by Crippen LogP contribution is 2.33. The Kier molecular flexibility index (Phi) is 4.19. The molecule has 0 saturated carbocycles. The third-order valence-electron chi connectivity index (χ3n) is 4.19. The molecule has 0 unspecified atom stereocenters. The predicted molar refractivity (Wildman–Crippen MR) is 100 cm³/mol. The van der Waals surface area contributed by atoms with E-state index in [1.54, 1.807) is 13.2 Å². The van der Waals surface area contributed by atoms with Crippen LogP contribution < -0.4 is 10.1 Å². The molecule has 0 aliphatic heterocycles. The number of ether oxygens (including phenoxy) is 1. The molecule has 0 spiro atoms. The Morgan fingerprint density at radius 3 is 2.56 bits per heavy atom. The summed E-state index contributed by atoms with van der Waals surface area (Å²) in [5, 5.41) is 11.6. The van der Waals surface area contributed by atoms with Crippen molar-refractivity contribution >= 4 is 22.4 Å². The highest BCUT2D eigenvalue weighted by molar-refractivity contribution is 5.97. The van der Waals surface area contributed by atoms with E-state index < -0.39 is 11.6 Å². The lowest BCUT2D eigenvalue weighted by Gasteiger charge is -2.12. The van der Waals surface area contributed by atoms with E-state index in [-0.39, 0.29) is 5.56 Å². The first kappa shape index (κ1) is 17.0. The number of aryl methyl sites for hydroxylation is 1. The zero-order valence-corrected chi connectivity index (χ0v) is 14.7. The molecule has 7 heteroatoms. The summed E-state index contributed by atoms with van der Waals surface area (Å²) in [6.07, 6.45) is 0. The molecular formula is C20H16F2N4O. The van der Waals surface area contributed by atoms with Gasteiger partial charge in [0, 0.05) is 28.8 Å². The summed E-state index contributed by atoms with van der Waals surface area (Å²) in [4.78, 5) is 4.55. The fourth-order valence-electron chi connectivity index (χ4n) is 2.93. The number of halogens is 2. The average Bonchev–Trinajstić information content (AvgIpc) is 3.05. The van der Waals surface area contributed by atoms with E-state index >= 15 is 0 Å². The average molecular weight is 366 g/mol. The fourth-order valence-corrected chi connectivity index (χ4v) is 2.93. The highest BCUT2D eigenvalue weighted by atomic mass is 19.1. The number of anilines is 2. The Balaban J connectivity index is 1.91. The summed E-state index contributed by atoms with van der Waals surface area (Å²) < 4.78 is 33.1. The first-order chi connectivity index (χ1) is 13.0. The number of nitrogens with one attached hydrogen (secondary N) is 2. The number of methoxy groups -OCH3 is 1. The van der Waals surface area contributed by atoms with Crippen LogP contribution in [0.3, 0.4) is 0 Å². The number of pyridine rings is 1. The summed E-state index contributed by atoms with van der Waals surface area (Å²) >= 11 is 0. The molecule has 2 aromatic carbocycles. The number of hydrogen-bond acceptors (Lipinski definition) is 4. The van der Waals surface area contributed by atoms with Gasteiger partial charge in [0.1, 0.15) is 23.2 Å². The van der Waals surface area contributed by atoms with Gasteiger partial charge in [-0.15, -0.1) is 0 Å². The van der Waals surface area contributed by atoms with Gasteiger partial charge in [-0.05, 0) is 48.7 Å². The Bertz CT molecular complexity index is 1140. The van der Waals surface area contributed by atoms with Gasteiger partial charge in [-0.3, -0.25) is 5.10 Å². The van der Waals surface area contributed by atoms with Gasteiger partial charge in [-0.25, -0.2) is 13.8 Å². The van der Waals surface area contributed by atoms with Crippen LogP contribution in [-0.2, 0) is 0 Å². The number of rotatable bonds is 4. The van der Waals surface area contributed by atoms with Gasteiger partial charge in [0.15, 0.2) is 5.82 Å². The first-order valence-corrected chi connectivity index (χ1v) is 8.27. The number of benzene rings is 2. The van der Waals surface area contributed by atoms with Crippen molar-refractivity contribution in [1.82, 2.24) is 15.2 Å². The number of fused-ring (bicyclic) bond motifs is 1. The zero-order chi connectivity index (χ0) is 19.0. The first-order valence-electron chi connectivity index (χ1n) is 8.27. The molecule has 0 amide bonds. The molecule has 5 nitrogen and oxygen atoms in total. The molecule has 0 saturated heterocycles. The minimum Gasteiger partial charge on any atom is -0.497 e. The van der Waals surface area contributed by atoms with Gasteiger partial charge in [0.05, 0.1) is 12.8 Å². The van der Waals surface area contributed by atoms with Crippen molar-refractivity contribution in [3.8, 4) is 17.0 Å². The van der Waals surface area contributed by atoms with E-state index in [1.807, 2.05) is 31.2 Å². The molecule has 136 valence electrons. The molecule has 0 fully saturated rings. The lowest BCUT2D eigenvalue weighted by Crippen LogP contribution is -1.98. The second kappa shape index (κ2) is 6.68. The third kappa shape index (κ3) is 3.31. The zero-order valence-electron chi connectivity index (χ0n) is 14.7. The minimum absolute atomic E-state index is 0.216. The number of hydrogen-bond donors (Lipinski definition) is 2.